The summed E-state index contributed by atoms with van der Waals surface area (Å²) in [5.74, 6) is 1.09. The van der Waals surface area contributed by atoms with Gasteiger partial charge < -0.3 is 9.47 Å². The van der Waals surface area contributed by atoms with Crippen LogP contribution in [-0.2, 0) is 0 Å². The van der Waals surface area contributed by atoms with Crippen LogP contribution in [0.2, 0.25) is 0 Å². The number of nitrogens with zero attached hydrogens (tertiary/aromatic N) is 1. The lowest BCUT2D eigenvalue weighted by Crippen LogP contribution is -2.06. The van der Waals surface area contributed by atoms with Crippen molar-refractivity contribution in [3.05, 3.63) is 53.9 Å². The summed E-state index contributed by atoms with van der Waals surface area (Å²) in [6.45, 7) is 2.81. The maximum absolute atomic E-state index is 12.4. The van der Waals surface area contributed by atoms with E-state index in [0.29, 0.717) is 23.6 Å². The second kappa shape index (κ2) is 7.43. The number of ether oxygens (including phenoxy) is 2. The summed E-state index contributed by atoms with van der Waals surface area (Å²) in [6, 6.07) is 10.6. The van der Waals surface area contributed by atoms with Gasteiger partial charge >= 0.3 is 0 Å². The Hall–Kier alpha value is -2.36. The Morgan fingerprint density at radius 2 is 1.95 bits per heavy atom. The van der Waals surface area contributed by atoms with Crippen molar-refractivity contribution < 1.29 is 14.3 Å². The molecule has 4 nitrogen and oxygen atoms in total. The number of ketones is 1. The Kier molecular flexibility index (Phi) is 5.32. The quantitative estimate of drug-likeness (QED) is 0.577. The lowest BCUT2D eigenvalue weighted by Gasteiger charge is -2.08. The van der Waals surface area contributed by atoms with Crippen molar-refractivity contribution in [2.24, 2.45) is 0 Å². The second-order valence-corrected chi connectivity index (χ2v) is 4.61. The highest BCUT2D eigenvalue weighted by atomic mass is 16.5. The highest BCUT2D eigenvalue weighted by molar-refractivity contribution is 6.09. The lowest BCUT2D eigenvalue weighted by molar-refractivity contribution is 0.103. The summed E-state index contributed by atoms with van der Waals surface area (Å²) < 4.78 is 10.7. The zero-order chi connectivity index (χ0) is 15.1. The van der Waals surface area contributed by atoms with Gasteiger partial charge in [0.05, 0.1) is 13.7 Å². The van der Waals surface area contributed by atoms with Crippen LogP contribution in [0.3, 0.4) is 0 Å². The first kappa shape index (κ1) is 15.0. The van der Waals surface area contributed by atoms with E-state index in [4.69, 9.17) is 9.47 Å². The van der Waals surface area contributed by atoms with E-state index in [1.54, 1.807) is 42.6 Å². The molecular weight excluding hydrogens is 266 g/mol. The average Bonchev–Trinajstić information content (AvgIpc) is 2.55. The third-order valence-corrected chi connectivity index (χ3v) is 3.09. The fourth-order valence-electron chi connectivity index (χ4n) is 1.90. The van der Waals surface area contributed by atoms with E-state index >= 15 is 0 Å². The molecule has 1 heterocycles. The molecule has 1 aromatic carbocycles. The van der Waals surface area contributed by atoms with Crippen LogP contribution < -0.4 is 9.47 Å². The van der Waals surface area contributed by atoms with E-state index in [1.165, 1.54) is 7.11 Å². The van der Waals surface area contributed by atoms with E-state index in [-0.39, 0.29) is 5.78 Å². The number of unbranched alkanes of at least 4 members (excludes halogenated alkanes) is 1. The third-order valence-electron chi connectivity index (χ3n) is 3.09. The van der Waals surface area contributed by atoms with Gasteiger partial charge in [0.25, 0.3) is 0 Å². The van der Waals surface area contributed by atoms with Crippen molar-refractivity contribution in [2.75, 3.05) is 13.7 Å². The molecule has 4 heteroatoms. The smallest absolute Gasteiger partial charge is 0.215 e. The first-order valence-electron chi connectivity index (χ1n) is 7.02. The number of carbonyl (C=O) groups is 1. The highest BCUT2D eigenvalue weighted by Crippen LogP contribution is 2.20. The Morgan fingerprint density at radius 3 is 2.62 bits per heavy atom. The standard InChI is InChI=1S/C17H19NO3/c1-3-4-12-21-14-9-7-13(8-10-14)17(19)16-15(20-2)6-5-11-18-16/h5-11H,3-4,12H2,1-2H3. The molecule has 0 aliphatic rings. The molecule has 0 radical (unpaired) electrons. The van der Waals surface area contributed by atoms with Gasteiger partial charge in [0.15, 0.2) is 5.69 Å². The fraction of sp³-hybridized carbons (Fsp3) is 0.294. The monoisotopic (exact) mass is 285 g/mol. The van der Waals surface area contributed by atoms with Crippen molar-refractivity contribution in [1.82, 2.24) is 4.98 Å². The molecule has 21 heavy (non-hydrogen) atoms. The molecule has 110 valence electrons. The van der Waals surface area contributed by atoms with Crippen LogP contribution in [0.4, 0.5) is 0 Å². The average molecular weight is 285 g/mol. The largest absolute Gasteiger partial charge is 0.494 e. The Balaban J connectivity index is 2.12. The van der Waals surface area contributed by atoms with E-state index in [2.05, 4.69) is 11.9 Å². The van der Waals surface area contributed by atoms with Crippen molar-refractivity contribution >= 4 is 5.78 Å². The van der Waals surface area contributed by atoms with Crippen LogP contribution in [0.5, 0.6) is 11.5 Å². The van der Waals surface area contributed by atoms with Crippen LogP contribution >= 0.6 is 0 Å². The van der Waals surface area contributed by atoms with Gasteiger partial charge in [-0.05, 0) is 42.8 Å². The molecule has 0 aliphatic heterocycles. The third kappa shape index (κ3) is 3.81. The van der Waals surface area contributed by atoms with Crippen LogP contribution in [0.1, 0.15) is 35.8 Å². The molecule has 0 N–H and O–H groups in total. The number of hydrogen-bond acceptors (Lipinski definition) is 4. The summed E-state index contributed by atoms with van der Waals surface area (Å²) >= 11 is 0. The molecule has 0 atom stereocenters. The number of methoxy groups -OCH3 is 1. The van der Waals surface area contributed by atoms with Gasteiger partial charge in [0, 0.05) is 11.8 Å². The number of benzene rings is 1. The maximum atomic E-state index is 12.4. The molecule has 0 amide bonds. The fourth-order valence-corrected chi connectivity index (χ4v) is 1.90. The number of hydrogen-bond donors (Lipinski definition) is 0. The predicted octanol–water partition coefficient (Wildman–Crippen LogP) is 3.50. The summed E-state index contributed by atoms with van der Waals surface area (Å²) in [4.78, 5) is 16.5. The zero-order valence-electron chi connectivity index (χ0n) is 12.3. The number of aromatic nitrogens is 1. The van der Waals surface area contributed by atoms with Crippen LogP contribution in [-0.4, -0.2) is 24.5 Å². The molecule has 0 fully saturated rings. The number of pyridine rings is 1. The SMILES string of the molecule is CCCCOc1ccc(C(=O)c2ncccc2OC)cc1. The van der Waals surface area contributed by atoms with E-state index in [9.17, 15) is 4.79 Å². The normalized spacial score (nSPS) is 10.2. The van der Waals surface area contributed by atoms with E-state index in [0.717, 1.165) is 18.6 Å². The summed E-state index contributed by atoms with van der Waals surface area (Å²) in [5.41, 5.74) is 0.884. The van der Waals surface area contributed by atoms with Gasteiger partial charge in [0.1, 0.15) is 11.5 Å². The van der Waals surface area contributed by atoms with Crippen LogP contribution in [0.25, 0.3) is 0 Å². The van der Waals surface area contributed by atoms with Crippen molar-refractivity contribution in [3.63, 3.8) is 0 Å². The number of carbonyl (C=O) groups excluding carboxylic acids is 1. The van der Waals surface area contributed by atoms with Crippen molar-refractivity contribution in [2.45, 2.75) is 19.8 Å². The predicted molar refractivity (Wildman–Crippen MR) is 81.1 cm³/mol. The van der Waals surface area contributed by atoms with Crippen LogP contribution in [0.15, 0.2) is 42.6 Å². The topological polar surface area (TPSA) is 48.4 Å². The Morgan fingerprint density at radius 1 is 1.19 bits per heavy atom. The molecule has 1 aromatic heterocycles. The van der Waals surface area contributed by atoms with Gasteiger partial charge in [-0.25, -0.2) is 4.98 Å². The Bertz CT molecular complexity index is 593. The van der Waals surface area contributed by atoms with E-state index in [1.807, 2.05) is 0 Å². The molecule has 0 aliphatic carbocycles. The maximum Gasteiger partial charge on any atom is 0.215 e. The first-order chi connectivity index (χ1) is 10.3. The minimum Gasteiger partial charge on any atom is -0.494 e. The highest BCUT2D eigenvalue weighted by Gasteiger charge is 2.15. The van der Waals surface area contributed by atoms with Crippen molar-refractivity contribution in [3.8, 4) is 11.5 Å². The van der Waals surface area contributed by atoms with Gasteiger partial charge in [0.2, 0.25) is 5.78 Å². The minimum atomic E-state index is -0.160. The molecule has 0 bridgehead atoms. The molecule has 0 unspecified atom stereocenters. The minimum absolute atomic E-state index is 0.160. The molecule has 0 spiro atoms. The summed E-state index contributed by atoms with van der Waals surface area (Å²) in [6.07, 6.45) is 3.69. The van der Waals surface area contributed by atoms with Gasteiger partial charge in [-0.1, -0.05) is 13.3 Å². The summed E-state index contributed by atoms with van der Waals surface area (Å²) in [5, 5.41) is 0. The molecule has 2 rings (SSSR count). The Labute approximate surface area is 124 Å². The summed E-state index contributed by atoms with van der Waals surface area (Å²) in [7, 11) is 1.53. The molecule has 0 saturated heterocycles. The lowest BCUT2D eigenvalue weighted by atomic mass is 10.1. The zero-order valence-corrected chi connectivity index (χ0v) is 12.3. The molecule has 0 saturated carbocycles. The van der Waals surface area contributed by atoms with Gasteiger partial charge in [-0.15, -0.1) is 0 Å². The molecule has 2 aromatic rings. The van der Waals surface area contributed by atoms with Crippen molar-refractivity contribution in [1.29, 1.82) is 0 Å². The second-order valence-electron chi connectivity index (χ2n) is 4.61. The van der Waals surface area contributed by atoms with E-state index < -0.39 is 0 Å². The van der Waals surface area contributed by atoms with Gasteiger partial charge in [-0.2, -0.15) is 0 Å². The van der Waals surface area contributed by atoms with Crippen LogP contribution in [0, 0.1) is 0 Å². The molecular formula is C17H19NO3. The number of rotatable bonds is 7. The van der Waals surface area contributed by atoms with Gasteiger partial charge in [-0.3, -0.25) is 4.79 Å². The first-order valence-corrected chi connectivity index (χ1v) is 7.02.